The fourth-order valence-electron chi connectivity index (χ4n) is 11.1. The molecule has 0 spiro atoms. The normalized spacial score (nSPS) is 34.2. The summed E-state index contributed by atoms with van der Waals surface area (Å²) in [6.07, 6.45) is 12.4. The van der Waals surface area contributed by atoms with E-state index in [1.807, 2.05) is 51.1 Å². The lowest BCUT2D eigenvalue weighted by atomic mass is 9.64. The van der Waals surface area contributed by atoms with Gasteiger partial charge in [0.1, 0.15) is 0 Å². The number of carbonyl (C=O) groups excluding carboxylic acids is 3. The molecule has 2 N–H and O–H groups in total. The number of hydrogen-bond donors (Lipinski definition) is 2. The molecule has 8 rings (SSSR count). The predicted octanol–water partition coefficient (Wildman–Crippen LogP) is 8.64. The summed E-state index contributed by atoms with van der Waals surface area (Å²) in [5.74, 6) is -0.465. The van der Waals surface area contributed by atoms with Gasteiger partial charge in [-0.1, -0.05) is 94.1 Å². The largest absolute Gasteiger partial charge is 0.448 e. The van der Waals surface area contributed by atoms with Crippen LogP contribution >= 0.6 is 0 Å². The second-order valence-electron chi connectivity index (χ2n) is 18.5. The van der Waals surface area contributed by atoms with Crippen LogP contribution in [0.25, 0.3) is 0 Å². The molecule has 4 bridgehead atoms. The van der Waals surface area contributed by atoms with Crippen molar-refractivity contribution in [2.45, 2.75) is 154 Å². The zero-order chi connectivity index (χ0) is 37.8. The number of ketones is 1. The Morgan fingerprint density at radius 2 is 1.64 bits per heavy atom. The van der Waals surface area contributed by atoms with Crippen LogP contribution in [0.15, 0.2) is 60.2 Å². The average Bonchev–Trinajstić information content (AvgIpc) is 3.58. The first kappa shape index (κ1) is 38.0. The molecule has 286 valence electrons. The van der Waals surface area contributed by atoms with Gasteiger partial charge in [0.2, 0.25) is 0 Å². The van der Waals surface area contributed by atoms with Crippen molar-refractivity contribution in [2.75, 3.05) is 6.54 Å². The van der Waals surface area contributed by atoms with Crippen molar-refractivity contribution >= 4 is 17.7 Å². The number of ether oxygens (including phenoxy) is 1. The maximum Gasteiger partial charge on any atom is 0.313 e. The van der Waals surface area contributed by atoms with Gasteiger partial charge in [-0.25, -0.2) is 0 Å². The molecule has 2 aromatic carbocycles. The third-order valence-corrected chi connectivity index (χ3v) is 15.3. The zero-order valence-electron chi connectivity index (χ0n) is 32.7. The van der Waals surface area contributed by atoms with Crippen LogP contribution in [0.2, 0.25) is 0 Å². The summed E-state index contributed by atoms with van der Waals surface area (Å²) in [5, 5.41) is 24.3. The Bertz CT molecular complexity index is 1760. The zero-order valence-corrected chi connectivity index (χ0v) is 32.7. The quantitative estimate of drug-likeness (QED) is 0.168. The highest BCUT2D eigenvalue weighted by Gasteiger charge is 2.76. The monoisotopic (exact) mass is 723 g/mol. The van der Waals surface area contributed by atoms with Crippen LogP contribution in [0.3, 0.4) is 0 Å². The number of aliphatic hydroxyl groups excluding tert-OH is 1. The van der Waals surface area contributed by atoms with Crippen LogP contribution in [0.1, 0.15) is 151 Å². The van der Waals surface area contributed by atoms with E-state index in [1.165, 1.54) is 12.0 Å². The minimum Gasteiger partial charge on any atom is -0.448 e. The minimum absolute atomic E-state index is 0.00787. The van der Waals surface area contributed by atoms with Crippen molar-refractivity contribution in [3.63, 3.8) is 0 Å². The van der Waals surface area contributed by atoms with Crippen molar-refractivity contribution in [3.05, 3.63) is 82.4 Å². The highest BCUT2D eigenvalue weighted by Crippen LogP contribution is 2.66. The maximum absolute atomic E-state index is 15.2. The Morgan fingerprint density at radius 3 is 2.32 bits per heavy atom. The molecule has 7 heteroatoms. The molecule has 7 nitrogen and oxygen atoms in total. The molecule has 0 aromatic heterocycles. The lowest BCUT2D eigenvalue weighted by Gasteiger charge is -2.47. The van der Waals surface area contributed by atoms with Gasteiger partial charge in [-0.15, -0.1) is 0 Å². The van der Waals surface area contributed by atoms with E-state index in [0.717, 1.165) is 60.8 Å². The number of nitrogens with zero attached hydrogens (tertiary/aromatic N) is 1. The fourth-order valence-corrected chi connectivity index (χ4v) is 11.1. The van der Waals surface area contributed by atoms with Crippen molar-refractivity contribution in [3.8, 4) is 0 Å². The summed E-state index contributed by atoms with van der Waals surface area (Å²) in [7, 11) is 0. The first-order valence-electron chi connectivity index (χ1n) is 20.4. The Morgan fingerprint density at radius 1 is 0.906 bits per heavy atom. The number of esters is 1. The van der Waals surface area contributed by atoms with Gasteiger partial charge in [0.25, 0.3) is 5.91 Å². The molecular formula is C46H61NO6. The van der Waals surface area contributed by atoms with Crippen molar-refractivity contribution < 1.29 is 29.3 Å². The third-order valence-electron chi connectivity index (χ3n) is 15.3. The molecule has 1 heterocycles. The molecular weight excluding hydrogens is 663 g/mol. The molecule has 4 fully saturated rings. The topological polar surface area (TPSA) is 104 Å². The Kier molecular flexibility index (Phi) is 10.1. The minimum atomic E-state index is -1.30. The molecule has 5 aliphatic carbocycles. The van der Waals surface area contributed by atoms with E-state index in [4.69, 9.17) is 4.74 Å². The SMILES string of the molecule is CC1=CCCC2(C)C(CCC2(O)CN(Cc2ccccc2)C(=O)C23CCC(C)(C(=O)O2)C3(C)C)c2ccc(cc2C(=O)C2CCCCC2)CC(O)CC1. The highest BCUT2D eigenvalue weighted by molar-refractivity contribution is 6.00. The molecule has 1 aliphatic heterocycles. The van der Waals surface area contributed by atoms with E-state index in [9.17, 15) is 19.8 Å². The summed E-state index contributed by atoms with van der Waals surface area (Å²) in [6, 6.07) is 16.1. The van der Waals surface area contributed by atoms with Crippen molar-refractivity contribution in [1.82, 2.24) is 4.90 Å². The third kappa shape index (κ3) is 6.32. The van der Waals surface area contributed by atoms with Crippen LogP contribution in [0, 0.1) is 22.2 Å². The van der Waals surface area contributed by atoms with Gasteiger partial charge in [0.15, 0.2) is 11.4 Å². The number of hydrogen-bond acceptors (Lipinski definition) is 6. The number of Topliss-reactive ketones (excluding diaryl/α,β-unsaturated/α-hetero) is 1. The number of benzene rings is 2. The molecule has 6 atom stereocenters. The summed E-state index contributed by atoms with van der Waals surface area (Å²) in [6.45, 7) is 10.6. The predicted molar refractivity (Wildman–Crippen MR) is 206 cm³/mol. The van der Waals surface area contributed by atoms with Gasteiger partial charge >= 0.3 is 5.97 Å². The Hall–Kier alpha value is -3.29. The van der Waals surface area contributed by atoms with Crippen LogP contribution < -0.4 is 0 Å². The van der Waals surface area contributed by atoms with Crippen LogP contribution in [0.4, 0.5) is 0 Å². The average molecular weight is 724 g/mol. The molecule has 1 amide bonds. The number of allylic oxidation sites excluding steroid dienone is 2. The van der Waals surface area contributed by atoms with Crippen molar-refractivity contribution in [2.24, 2.45) is 22.2 Å². The van der Waals surface area contributed by atoms with Crippen molar-refractivity contribution in [1.29, 1.82) is 0 Å². The molecule has 0 radical (unpaired) electrons. The van der Waals surface area contributed by atoms with Crippen LogP contribution in [-0.2, 0) is 27.3 Å². The highest BCUT2D eigenvalue weighted by atomic mass is 16.6. The fraction of sp³-hybridized carbons (Fsp3) is 0.630. The van der Waals surface area contributed by atoms with E-state index in [0.29, 0.717) is 44.9 Å². The van der Waals surface area contributed by atoms with Gasteiger partial charge in [-0.05, 0) is 113 Å². The first-order chi connectivity index (χ1) is 25.1. The maximum atomic E-state index is 15.2. The molecule has 6 aliphatic rings. The number of rotatable bonds is 7. The van der Waals surface area contributed by atoms with Crippen LogP contribution in [-0.4, -0.2) is 56.6 Å². The molecule has 53 heavy (non-hydrogen) atoms. The second kappa shape index (κ2) is 14.1. The Balaban J connectivity index is 1.31. The summed E-state index contributed by atoms with van der Waals surface area (Å²) < 4.78 is 6.15. The lowest BCUT2D eigenvalue weighted by Crippen LogP contribution is -2.60. The lowest BCUT2D eigenvalue weighted by molar-refractivity contribution is -0.178. The summed E-state index contributed by atoms with van der Waals surface area (Å²) >= 11 is 0. The number of aliphatic hydroxyl groups is 2. The van der Waals surface area contributed by atoms with Crippen LogP contribution in [0.5, 0.6) is 0 Å². The van der Waals surface area contributed by atoms with E-state index in [1.54, 1.807) is 4.90 Å². The van der Waals surface area contributed by atoms with Gasteiger partial charge in [-0.2, -0.15) is 0 Å². The van der Waals surface area contributed by atoms with E-state index >= 15 is 4.79 Å². The molecule has 1 saturated heterocycles. The number of amides is 1. The van der Waals surface area contributed by atoms with E-state index in [-0.39, 0.29) is 42.6 Å². The van der Waals surface area contributed by atoms with Gasteiger partial charge < -0.3 is 19.8 Å². The molecule has 3 saturated carbocycles. The number of fused-ring (bicyclic) bond motifs is 10. The molecule has 2 aromatic rings. The second-order valence-corrected chi connectivity index (χ2v) is 18.5. The standard InChI is InChI=1S/C46H61NO6/c1-31-13-12-23-43(4)38(36-21-19-33(27-35(48)20-18-31)28-37(36)39(49)34-16-10-7-11-17-34)22-24-45(43,52)30-47(29-32-14-8-6-9-15-32)40(50)46-26-25-44(5,41(51)53-46)42(46,2)3/h6,8-9,13-15,19,21,28,34-35,38,48,52H,7,10-12,16-18,20,22-27,29-30H2,1-5H3. The first-order valence-corrected chi connectivity index (χ1v) is 20.4. The van der Waals surface area contributed by atoms with Gasteiger partial charge in [0, 0.05) is 28.9 Å². The smallest absolute Gasteiger partial charge is 0.313 e. The Labute approximate surface area is 316 Å². The summed E-state index contributed by atoms with van der Waals surface area (Å²) in [4.78, 5) is 44.8. The number of carbonyl (C=O) groups is 3. The van der Waals surface area contributed by atoms with Gasteiger partial charge in [-0.3, -0.25) is 14.4 Å². The van der Waals surface area contributed by atoms with E-state index in [2.05, 4.69) is 38.1 Å². The van der Waals surface area contributed by atoms with Gasteiger partial charge in [0.05, 0.1) is 23.7 Å². The van der Waals surface area contributed by atoms with E-state index < -0.39 is 33.6 Å². The molecule has 6 unspecified atom stereocenters. The summed E-state index contributed by atoms with van der Waals surface area (Å²) in [5.41, 5.74) is 0.161.